The molecule has 1 atom stereocenters. The molecule has 1 unspecified atom stereocenters. The number of carbonyl (C=O) groups excluding carboxylic acids is 1. The van der Waals surface area contributed by atoms with Gasteiger partial charge in [0, 0.05) is 40.0 Å². The maximum absolute atomic E-state index is 13.5. The number of halogens is 2. The summed E-state index contributed by atoms with van der Waals surface area (Å²) in [5.41, 5.74) is 4.21. The minimum atomic E-state index is -0.270. The quantitative estimate of drug-likeness (QED) is 0.806. The topological polar surface area (TPSA) is 29.1 Å². The fraction of sp³-hybridized carbons (Fsp3) is 0.312. The number of ketones is 1. The number of dihydropyridines is 1. The normalized spacial score (nSPS) is 24.3. The highest BCUT2D eigenvalue weighted by Crippen LogP contribution is 2.50. The summed E-state index contributed by atoms with van der Waals surface area (Å²) in [6, 6.07) is 5.09. The summed E-state index contributed by atoms with van der Waals surface area (Å²) in [6.07, 6.45) is 2.40. The van der Waals surface area contributed by atoms with Crippen molar-refractivity contribution in [2.45, 2.75) is 25.2 Å². The van der Waals surface area contributed by atoms with Gasteiger partial charge in [-0.25, -0.2) is 4.39 Å². The zero-order valence-electron chi connectivity index (χ0n) is 11.2. The van der Waals surface area contributed by atoms with Gasteiger partial charge in [0.1, 0.15) is 5.82 Å². The highest BCUT2D eigenvalue weighted by Gasteiger charge is 2.39. The molecule has 4 rings (SSSR count). The molecular formula is C16H13BrFNOS. The van der Waals surface area contributed by atoms with Crippen LogP contribution in [0.1, 0.15) is 30.7 Å². The van der Waals surface area contributed by atoms with Gasteiger partial charge in [-0.3, -0.25) is 4.79 Å². The molecule has 1 aliphatic carbocycles. The standard InChI is InChI=1S/C16H13BrFNOS/c17-9-7-8(1-2-10(9)18)14-15-11(3-4-13(15)20)19-12-5-6-21-16(12)14/h1-2,7,14,19H,3-6H2. The van der Waals surface area contributed by atoms with Gasteiger partial charge in [0.2, 0.25) is 0 Å². The van der Waals surface area contributed by atoms with E-state index in [2.05, 4.69) is 21.2 Å². The van der Waals surface area contributed by atoms with Crippen LogP contribution >= 0.6 is 27.7 Å². The fourth-order valence-electron chi connectivity index (χ4n) is 3.32. The van der Waals surface area contributed by atoms with Crippen LogP contribution in [0.15, 0.2) is 44.5 Å². The van der Waals surface area contributed by atoms with Crippen LogP contribution < -0.4 is 5.32 Å². The number of carbonyl (C=O) groups is 1. The van der Waals surface area contributed by atoms with Crippen molar-refractivity contribution in [2.24, 2.45) is 0 Å². The average Bonchev–Trinajstić information content (AvgIpc) is 3.07. The van der Waals surface area contributed by atoms with Crippen molar-refractivity contribution < 1.29 is 9.18 Å². The molecule has 2 aliphatic heterocycles. The molecule has 108 valence electrons. The lowest BCUT2D eigenvalue weighted by atomic mass is 9.86. The van der Waals surface area contributed by atoms with Crippen molar-refractivity contribution in [3.63, 3.8) is 0 Å². The van der Waals surface area contributed by atoms with Crippen LogP contribution in [-0.2, 0) is 4.79 Å². The lowest BCUT2D eigenvalue weighted by Gasteiger charge is -2.27. The van der Waals surface area contributed by atoms with E-state index in [0.717, 1.165) is 35.4 Å². The molecule has 0 saturated carbocycles. The Hall–Kier alpha value is -1.07. The Labute approximate surface area is 135 Å². The molecule has 3 aliphatic rings. The lowest BCUT2D eigenvalue weighted by molar-refractivity contribution is -0.115. The number of nitrogens with one attached hydrogen (secondary N) is 1. The fourth-order valence-corrected chi connectivity index (χ4v) is 4.99. The van der Waals surface area contributed by atoms with Gasteiger partial charge < -0.3 is 5.32 Å². The van der Waals surface area contributed by atoms with Gasteiger partial charge in [0.15, 0.2) is 5.78 Å². The number of rotatable bonds is 1. The Morgan fingerprint density at radius 1 is 1.24 bits per heavy atom. The number of hydrogen-bond donors (Lipinski definition) is 1. The number of allylic oxidation sites excluding steroid dienone is 4. The maximum atomic E-state index is 13.5. The summed E-state index contributed by atoms with van der Waals surface area (Å²) in [4.78, 5) is 13.6. The van der Waals surface area contributed by atoms with Crippen LogP contribution in [-0.4, -0.2) is 11.5 Å². The Bertz CT molecular complexity index is 725. The third kappa shape index (κ3) is 2.09. The Morgan fingerprint density at radius 2 is 2.10 bits per heavy atom. The second-order valence-electron chi connectivity index (χ2n) is 5.49. The Balaban J connectivity index is 1.87. The van der Waals surface area contributed by atoms with Gasteiger partial charge in [-0.15, -0.1) is 11.8 Å². The molecule has 2 nitrogen and oxygen atoms in total. The first-order valence-corrected chi connectivity index (χ1v) is 8.77. The molecule has 0 radical (unpaired) electrons. The number of Topliss-reactive ketones (excluding diaryl/α,β-unsaturated/α-hetero) is 1. The summed E-state index contributed by atoms with van der Waals surface area (Å²) < 4.78 is 14.0. The van der Waals surface area contributed by atoms with Gasteiger partial charge in [0.25, 0.3) is 0 Å². The van der Waals surface area contributed by atoms with Crippen molar-refractivity contribution >= 4 is 33.5 Å². The summed E-state index contributed by atoms with van der Waals surface area (Å²) in [5, 5.41) is 3.47. The van der Waals surface area contributed by atoms with Crippen LogP contribution in [0.25, 0.3) is 0 Å². The molecule has 0 amide bonds. The third-order valence-electron chi connectivity index (χ3n) is 4.26. The maximum Gasteiger partial charge on any atom is 0.161 e. The zero-order chi connectivity index (χ0) is 14.6. The second kappa shape index (κ2) is 4.99. The predicted molar refractivity (Wildman–Crippen MR) is 85.3 cm³/mol. The van der Waals surface area contributed by atoms with Gasteiger partial charge in [-0.2, -0.15) is 0 Å². The molecule has 2 heterocycles. The van der Waals surface area contributed by atoms with Crippen molar-refractivity contribution in [3.05, 3.63) is 55.9 Å². The van der Waals surface area contributed by atoms with E-state index in [-0.39, 0.29) is 17.5 Å². The van der Waals surface area contributed by atoms with E-state index in [0.29, 0.717) is 10.9 Å². The van der Waals surface area contributed by atoms with E-state index < -0.39 is 0 Å². The van der Waals surface area contributed by atoms with Crippen molar-refractivity contribution in [1.82, 2.24) is 5.32 Å². The highest BCUT2D eigenvalue weighted by atomic mass is 79.9. The molecule has 0 aromatic heterocycles. The van der Waals surface area contributed by atoms with Crippen LogP contribution in [0.3, 0.4) is 0 Å². The summed E-state index contributed by atoms with van der Waals surface area (Å²) in [7, 11) is 0. The Kier molecular flexibility index (Phi) is 3.23. The SMILES string of the molecule is O=C1CCC2=C1C(c1ccc(F)c(Br)c1)C1=C(CCS1)N2. The largest absolute Gasteiger partial charge is 0.361 e. The molecule has 0 spiro atoms. The molecule has 1 aromatic carbocycles. The average molecular weight is 366 g/mol. The minimum Gasteiger partial charge on any atom is -0.361 e. The van der Waals surface area contributed by atoms with Crippen LogP contribution in [0.4, 0.5) is 4.39 Å². The van der Waals surface area contributed by atoms with E-state index in [9.17, 15) is 9.18 Å². The molecule has 5 heteroatoms. The smallest absolute Gasteiger partial charge is 0.161 e. The lowest BCUT2D eigenvalue weighted by Crippen LogP contribution is -2.23. The van der Waals surface area contributed by atoms with Gasteiger partial charge in [0.05, 0.1) is 4.47 Å². The molecule has 1 aromatic rings. The monoisotopic (exact) mass is 365 g/mol. The van der Waals surface area contributed by atoms with Crippen molar-refractivity contribution in [1.29, 1.82) is 0 Å². The van der Waals surface area contributed by atoms with Crippen LogP contribution in [0.2, 0.25) is 0 Å². The number of thioether (sulfide) groups is 1. The van der Waals surface area contributed by atoms with Gasteiger partial charge in [-0.1, -0.05) is 6.07 Å². The van der Waals surface area contributed by atoms with E-state index in [1.807, 2.05) is 17.8 Å². The van der Waals surface area contributed by atoms with E-state index in [4.69, 9.17) is 0 Å². The highest BCUT2D eigenvalue weighted by molar-refractivity contribution is 9.10. The van der Waals surface area contributed by atoms with Gasteiger partial charge >= 0.3 is 0 Å². The van der Waals surface area contributed by atoms with Crippen LogP contribution in [0.5, 0.6) is 0 Å². The van der Waals surface area contributed by atoms with Crippen molar-refractivity contribution in [3.8, 4) is 0 Å². The number of hydrogen-bond acceptors (Lipinski definition) is 3. The van der Waals surface area contributed by atoms with Crippen LogP contribution in [0, 0.1) is 5.82 Å². The molecule has 21 heavy (non-hydrogen) atoms. The first-order valence-electron chi connectivity index (χ1n) is 6.99. The Morgan fingerprint density at radius 3 is 2.90 bits per heavy atom. The summed E-state index contributed by atoms with van der Waals surface area (Å²) in [5.74, 6) is 0.983. The van der Waals surface area contributed by atoms with Gasteiger partial charge in [-0.05, 0) is 46.5 Å². The minimum absolute atomic E-state index is 0.0179. The van der Waals surface area contributed by atoms with E-state index >= 15 is 0 Å². The molecular weight excluding hydrogens is 353 g/mol. The third-order valence-corrected chi connectivity index (χ3v) is 6.07. The molecule has 0 bridgehead atoms. The molecule has 0 saturated heterocycles. The second-order valence-corrected chi connectivity index (χ2v) is 7.48. The van der Waals surface area contributed by atoms with Crippen molar-refractivity contribution in [2.75, 3.05) is 5.75 Å². The summed E-state index contributed by atoms with van der Waals surface area (Å²) in [6.45, 7) is 0. The number of benzene rings is 1. The summed E-state index contributed by atoms with van der Waals surface area (Å²) >= 11 is 5.07. The zero-order valence-corrected chi connectivity index (χ0v) is 13.6. The van der Waals surface area contributed by atoms with E-state index in [1.165, 1.54) is 16.7 Å². The first kappa shape index (κ1) is 13.6. The van der Waals surface area contributed by atoms with E-state index in [1.54, 1.807) is 6.07 Å². The molecule has 1 N–H and O–H groups in total. The molecule has 0 fully saturated rings. The first-order chi connectivity index (χ1) is 10.1. The predicted octanol–water partition coefficient (Wildman–Crippen LogP) is 4.24.